The van der Waals surface area contributed by atoms with Gasteiger partial charge >= 0.3 is 6.18 Å². The molecule has 0 saturated carbocycles. The summed E-state index contributed by atoms with van der Waals surface area (Å²) in [5.74, 6) is 0.754. The molecule has 0 aliphatic carbocycles. The normalized spacial score (nSPS) is 12.0. The van der Waals surface area contributed by atoms with E-state index < -0.39 is 12.8 Å². The second-order valence-electron chi connectivity index (χ2n) is 4.27. The number of halogens is 4. The molecule has 0 saturated heterocycles. The standard InChI is InChI=1S/C12H24F3N3O.HI/c1-4-5-8-18(3)11(16-2)17-7-6-9-19-10-12(13,14)15;/h4-10H2,1-3H3,(H,16,17);1H. The lowest BCUT2D eigenvalue weighted by atomic mass is 10.3. The molecule has 0 aromatic rings. The highest BCUT2D eigenvalue weighted by Gasteiger charge is 2.27. The van der Waals surface area contributed by atoms with Crippen LogP contribution in [0, 0.1) is 0 Å². The molecule has 0 spiro atoms. The van der Waals surface area contributed by atoms with Gasteiger partial charge in [0.1, 0.15) is 6.61 Å². The lowest BCUT2D eigenvalue weighted by molar-refractivity contribution is -0.173. The summed E-state index contributed by atoms with van der Waals surface area (Å²) in [6.45, 7) is 2.46. The molecule has 8 heteroatoms. The molecule has 0 atom stereocenters. The van der Waals surface area contributed by atoms with E-state index in [1.165, 1.54) is 0 Å². The molecule has 0 amide bonds. The monoisotopic (exact) mass is 411 g/mol. The van der Waals surface area contributed by atoms with Crippen molar-refractivity contribution in [3.05, 3.63) is 0 Å². The average Bonchev–Trinajstić information content (AvgIpc) is 2.33. The quantitative estimate of drug-likeness (QED) is 0.289. The molecular formula is C12H25F3IN3O. The first kappa shape index (κ1) is 22.0. The molecule has 0 radical (unpaired) electrons. The third-order valence-electron chi connectivity index (χ3n) is 2.43. The van der Waals surface area contributed by atoms with E-state index in [2.05, 4.69) is 22.0 Å². The number of aliphatic imine (C=N–C) groups is 1. The maximum atomic E-state index is 11.8. The molecular weight excluding hydrogens is 386 g/mol. The van der Waals surface area contributed by atoms with Crippen molar-refractivity contribution < 1.29 is 17.9 Å². The summed E-state index contributed by atoms with van der Waals surface area (Å²) in [6, 6.07) is 0. The van der Waals surface area contributed by atoms with Crippen molar-refractivity contribution in [3.63, 3.8) is 0 Å². The molecule has 0 rings (SSSR count). The van der Waals surface area contributed by atoms with Crippen LogP contribution in [0.1, 0.15) is 26.2 Å². The van der Waals surface area contributed by atoms with Gasteiger partial charge in [0, 0.05) is 33.8 Å². The Balaban J connectivity index is 0. The highest BCUT2D eigenvalue weighted by molar-refractivity contribution is 14.0. The van der Waals surface area contributed by atoms with Crippen LogP contribution in [0.4, 0.5) is 13.2 Å². The molecule has 122 valence electrons. The maximum Gasteiger partial charge on any atom is 0.411 e. The highest BCUT2D eigenvalue weighted by atomic mass is 127. The van der Waals surface area contributed by atoms with Crippen molar-refractivity contribution in [1.29, 1.82) is 0 Å². The largest absolute Gasteiger partial charge is 0.411 e. The molecule has 0 aliphatic heterocycles. The van der Waals surface area contributed by atoms with Crippen molar-refractivity contribution in [1.82, 2.24) is 10.2 Å². The Morgan fingerprint density at radius 1 is 1.30 bits per heavy atom. The fourth-order valence-electron chi connectivity index (χ4n) is 1.45. The van der Waals surface area contributed by atoms with Gasteiger partial charge in [-0.15, -0.1) is 24.0 Å². The first-order valence-electron chi connectivity index (χ1n) is 6.47. The molecule has 0 aromatic carbocycles. The van der Waals surface area contributed by atoms with Crippen LogP contribution in [-0.2, 0) is 4.74 Å². The summed E-state index contributed by atoms with van der Waals surface area (Å²) >= 11 is 0. The fraction of sp³-hybridized carbons (Fsp3) is 0.917. The molecule has 0 aliphatic rings. The summed E-state index contributed by atoms with van der Waals surface area (Å²) in [6.07, 6.45) is -1.56. The molecule has 1 N–H and O–H groups in total. The van der Waals surface area contributed by atoms with Crippen LogP contribution in [0.3, 0.4) is 0 Å². The third kappa shape index (κ3) is 12.8. The zero-order valence-electron chi connectivity index (χ0n) is 12.3. The van der Waals surface area contributed by atoms with E-state index in [0.29, 0.717) is 13.0 Å². The number of hydrogen-bond acceptors (Lipinski definition) is 2. The number of nitrogens with zero attached hydrogens (tertiary/aromatic N) is 2. The van der Waals surface area contributed by atoms with Gasteiger partial charge in [-0.1, -0.05) is 13.3 Å². The Morgan fingerprint density at radius 3 is 2.45 bits per heavy atom. The molecule has 0 unspecified atom stereocenters. The lowest BCUT2D eigenvalue weighted by Gasteiger charge is -2.21. The molecule has 0 aromatic heterocycles. The Labute approximate surface area is 136 Å². The topological polar surface area (TPSA) is 36.9 Å². The number of ether oxygens (including phenoxy) is 1. The second kappa shape index (κ2) is 12.5. The van der Waals surface area contributed by atoms with Crippen LogP contribution in [0.15, 0.2) is 4.99 Å². The van der Waals surface area contributed by atoms with Gasteiger partial charge in [-0.2, -0.15) is 13.2 Å². The minimum atomic E-state index is -4.25. The van der Waals surface area contributed by atoms with Gasteiger partial charge in [0.05, 0.1) is 0 Å². The summed E-state index contributed by atoms with van der Waals surface area (Å²) in [4.78, 5) is 6.11. The summed E-state index contributed by atoms with van der Waals surface area (Å²) < 4.78 is 39.9. The Morgan fingerprint density at radius 2 is 1.95 bits per heavy atom. The van der Waals surface area contributed by atoms with E-state index in [-0.39, 0.29) is 30.6 Å². The van der Waals surface area contributed by atoms with Crippen molar-refractivity contribution in [2.24, 2.45) is 4.99 Å². The number of hydrogen-bond donors (Lipinski definition) is 1. The van der Waals surface area contributed by atoms with E-state index >= 15 is 0 Å². The van der Waals surface area contributed by atoms with Crippen molar-refractivity contribution >= 4 is 29.9 Å². The van der Waals surface area contributed by atoms with Gasteiger partial charge in [0.25, 0.3) is 0 Å². The van der Waals surface area contributed by atoms with Crippen molar-refractivity contribution in [2.45, 2.75) is 32.4 Å². The van der Waals surface area contributed by atoms with E-state index in [1.807, 2.05) is 11.9 Å². The number of rotatable bonds is 8. The van der Waals surface area contributed by atoms with E-state index in [9.17, 15) is 13.2 Å². The van der Waals surface area contributed by atoms with Gasteiger partial charge < -0.3 is 15.0 Å². The average molecular weight is 411 g/mol. The number of nitrogens with one attached hydrogen (secondary N) is 1. The lowest BCUT2D eigenvalue weighted by Crippen LogP contribution is -2.40. The molecule has 0 fully saturated rings. The van der Waals surface area contributed by atoms with E-state index in [1.54, 1.807) is 7.05 Å². The zero-order valence-corrected chi connectivity index (χ0v) is 14.6. The first-order chi connectivity index (χ1) is 8.90. The Kier molecular flexibility index (Phi) is 13.8. The van der Waals surface area contributed by atoms with E-state index in [4.69, 9.17) is 0 Å². The minimum Gasteiger partial charge on any atom is -0.372 e. The molecule has 0 bridgehead atoms. The molecule has 0 heterocycles. The number of unbranched alkanes of at least 4 members (excludes halogenated alkanes) is 1. The van der Waals surface area contributed by atoms with Crippen molar-refractivity contribution in [3.8, 4) is 0 Å². The van der Waals surface area contributed by atoms with Crippen molar-refractivity contribution in [2.75, 3.05) is 40.4 Å². The second-order valence-corrected chi connectivity index (χ2v) is 4.27. The van der Waals surface area contributed by atoms with Gasteiger partial charge in [0.15, 0.2) is 5.96 Å². The predicted molar refractivity (Wildman–Crippen MR) is 85.8 cm³/mol. The third-order valence-corrected chi connectivity index (χ3v) is 2.43. The maximum absolute atomic E-state index is 11.8. The van der Waals surface area contributed by atoms with Gasteiger partial charge in [-0.05, 0) is 12.8 Å². The van der Waals surface area contributed by atoms with Crippen LogP contribution in [0.2, 0.25) is 0 Å². The first-order valence-corrected chi connectivity index (χ1v) is 6.47. The summed E-state index contributed by atoms with van der Waals surface area (Å²) in [5.41, 5.74) is 0. The predicted octanol–water partition coefficient (Wildman–Crippen LogP) is 2.88. The Bertz CT molecular complexity index is 263. The van der Waals surface area contributed by atoms with Crippen LogP contribution < -0.4 is 5.32 Å². The Hall–Kier alpha value is -0.250. The van der Waals surface area contributed by atoms with E-state index in [0.717, 1.165) is 25.3 Å². The summed E-state index contributed by atoms with van der Waals surface area (Å²) in [5, 5.41) is 3.09. The van der Waals surface area contributed by atoms with Gasteiger partial charge in [0.2, 0.25) is 0 Å². The van der Waals surface area contributed by atoms with Crippen LogP contribution in [0.25, 0.3) is 0 Å². The smallest absolute Gasteiger partial charge is 0.372 e. The molecule has 4 nitrogen and oxygen atoms in total. The van der Waals surface area contributed by atoms with Gasteiger partial charge in [-0.3, -0.25) is 4.99 Å². The minimum absolute atomic E-state index is 0. The van der Waals surface area contributed by atoms with Gasteiger partial charge in [-0.25, -0.2) is 0 Å². The highest BCUT2D eigenvalue weighted by Crippen LogP contribution is 2.14. The SMILES string of the molecule is CCCCN(C)C(=NC)NCCCOCC(F)(F)F.I. The zero-order chi connectivity index (χ0) is 14.7. The summed E-state index contributed by atoms with van der Waals surface area (Å²) in [7, 11) is 3.62. The fourth-order valence-corrected chi connectivity index (χ4v) is 1.45. The number of guanidine groups is 1. The van der Waals surface area contributed by atoms with Crippen LogP contribution in [-0.4, -0.2) is 57.4 Å². The van der Waals surface area contributed by atoms with Crippen LogP contribution in [0.5, 0.6) is 0 Å². The molecule has 20 heavy (non-hydrogen) atoms. The van der Waals surface area contributed by atoms with Crippen LogP contribution >= 0.6 is 24.0 Å². The number of alkyl halides is 3.